The molecule has 1 N–H and O–H groups in total. The first-order chi connectivity index (χ1) is 10.1. The zero-order valence-electron chi connectivity index (χ0n) is 11.6. The van der Waals surface area contributed by atoms with Crippen LogP contribution in [0.3, 0.4) is 0 Å². The van der Waals surface area contributed by atoms with E-state index in [1.807, 2.05) is 32.2 Å². The standard InChI is InChI=1S/C15H13ClN4O/c1-9-4-3-5-11-13(9)18-14(19-15(11)21)12(16)8-10-6-7-17-20(10)2/h3-8H,1-2H3,(H,18,19,21). The lowest BCUT2D eigenvalue weighted by Gasteiger charge is -2.04. The molecule has 0 aliphatic rings. The predicted octanol–water partition coefficient (Wildman–Crippen LogP) is 2.70. The summed E-state index contributed by atoms with van der Waals surface area (Å²) in [4.78, 5) is 19.3. The Labute approximate surface area is 125 Å². The van der Waals surface area contributed by atoms with Gasteiger partial charge in [-0.15, -0.1) is 0 Å². The summed E-state index contributed by atoms with van der Waals surface area (Å²) in [7, 11) is 1.82. The molecule has 0 atom stereocenters. The molecule has 2 heterocycles. The molecule has 1 aromatic carbocycles. The number of hydrogen-bond donors (Lipinski definition) is 1. The van der Waals surface area contributed by atoms with Crippen molar-refractivity contribution in [2.24, 2.45) is 7.05 Å². The Bertz CT molecular complexity index is 907. The van der Waals surface area contributed by atoms with Gasteiger partial charge >= 0.3 is 0 Å². The van der Waals surface area contributed by atoms with Crippen molar-refractivity contribution in [3.8, 4) is 0 Å². The molecule has 0 bridgehead atoms. The fourth-order valence-corrected chi connectivity index (χ4v) is 2.34. The van der Waals surface area contributed by atoms with E-state index in [9.17, 15) is 4.79 Å². The fraction of sp³-hybridized carbons (Fsp3) is 0.133. The van der Waals surface area contributed by atoms with Crippen molar-refractivity contribution in [2.75, 3.05) is 0 Å². The summed E-state index contributed by atoms with van der Waals surface area (Å²) in [6.07, 6.45) is 3.40. The van der Waals surface area contributed by atoms with Crippen molar-refractivity contribution in [3.05, 3.63) is 57.9 Å². The second-order valence-electron chi connectivity index (χ2n) is 4.76. The molecule has 21 heavy (non-hydrogen) atoms. The average molecular weight is 301 g/mol. The van der Waals surface area contributed by atoms with Gasteiger partial charge in [0.05, 0.1) is 21.6 Å². The molecular formula is C15H13ClN4O. The Hall–Kier alpha value is -2.40. The third kappa shape index (κ3) is 2.48. The number of aryl methyl sites for hydroxylation is 2. The SMILES string of the molecule is Cc1cccc2c(=O)[nH]c(C(Cl)=Cc3ccnn3C)nc12. The van der Waals surface area contributed by atoms with Crippen molar-refractivity contribution in [3.63, 3.8) is 0 Å². The van der Waals surface area contributed by atoms with E-state index in [0.717, 1.165) is 11.3 Å². The molecule has 0 aliphatic heterocycles. The van der Waals surface area contributed by atoms with Gasteiger partial charge in [-0.2, -0.15) is 5.10 Å². The zero-order chi connectivity index (χ0) is 15.0. The van der Waals surface area contributed by atoms with Crippen LogP contribution < -0.4 is 5.56 Å². The summed E-state index contributed by atoms with van der Waals surface area (Å²) in [5, 5.41) is 4.99. The molecule has 5 nitrogen and oxygen atoms in total. The fourth-order valence-electron chi connectivity index (χ4n) is 2.14. The summed E-state index contributed by atoms with van der Waals surface area (Å²) >= 11 is 6.28. The number of fused-ring (bicyclic) bond motifs is 1. The van der Waals surface area contributed by atoms with Gasteiger partial charge in [0.15, 0.2) is 5.82 Å². The maximum atomic E-state index is 12.1. The molecule has 0 amide bonds. The smallest absolute Gasteiger partial charge is 0.259 e. The molecule has 2 aromatic heterocycles. The van der Waals surface area contributed by atoms with Crippen LogP contribution in [0, 0.1) is 6.92 Å². The molecule has 6 heteroatoms. The van der Waals surface area contributed by atoms with Crippen molar-refractivity contribution in [1.82, 2.24) is 19.7 Å². The van der Waals surface area contributed by atoms with Gasteiger partial charge in [0.1, 0.15) is 0 Å². The second kappa shape index (κ2) is 5.18. The summed E-state index contributed by atoms with van der Waals surface area (Å²) < 4.78 is 1.69. The van der Waals surface area contributed by atoms with Gasteiger partial charge in [0, 0.05) is 13.2 Å². The quantitative estimate of drug-likeness (QED) is 0.791. The Kier molecular flexibility index (Phi) is 3.35. The van der Waals surface area contributed by atoms with Crippen molar-refractivity contribution in [2.45, 2.75) is 6.92 Å². The third-order valence-corrected chi connectivity index (χ3v) is 3.59. The summed E-state index contributed by atoms with van der Waals surface area (Å²) in [6.45, 7) is 1.91. The van der Waals surface area contributed by atoms with Gasteiger partial charge in [0.2, 0.25) is 0 Å². The first kappa shape index (κ1) is 13.6. The maximum absolute atomic E-state index is 12.1. The van der Waals surface area contributed by atoms with Gasteiger partial charge < -0.3 is 4.98 Å². The van der Waals surface area contributed by atoms with Crippen LogP contribution in [-0.4, -0.2) is 19.7 Å². The number of hydrogen-bond acceptors (Lipinski definition) is 3. The van der Waals surface area contributed by atoms with Gasteiger partial charge in [0.25, 0.3) is 5.56 Å². The highest BCUT2D eigenvalue weighted by Gasteiger charge is 2.09. The van der Waals surface area contributed by atoms with Crippen molar-refractivity contribution >= 4 is 33.6 Å². The van der Waals surface area contributed by atoms with Crippen LogP contribution >= 0.6 is 11.6 Å². The van der Waals surface area contributed by atoms with Gasteiger partial charge in [-0.3, -0.25) is 9.48 Å². The normalized spacial score (nSPS) is 12.0. The molecule has 0 saturated heterocycles. The molecule has 106 valence electrons. The van der Waals surface area contributed by atoms with E-state index < -0.39 is 0 Å². The minimum Gasteiger partial charge on any atom is -0.305 e. The van der Waals surface area contributed by atoms with Crippen LogP contribution in [0.1, 0.15) is 17.1 Å². The number of nitrogens with zero attached hydrogens (tertiary/aromatic N) is 3. The van der Waals surface area contributed by atoms with Crippen molar-refractivity contribution in [1.29, 1.82) is 0 Å². The van der Waals surface area contributed by atoms with Crippen LogP contribution in [0.25, 0.3) is 22.0 Å². The average Bonchev–Trinajstić information content (AvgIpc) is 2.85. The van der Waals surface area contributed by atoms with Gasteiger partial charge in [-0.1, -0.05) is 23.7 Å². The molecule has 0 aliphatic carbocycles. The van der Waals surface area contributed by atoms with Crippen LogP contribution in [0.15, 0.2) is 35.3 Å². The predicted molar refractivity (Wildman–Crippen MR) is 84.0 cm³/mol. The number of rotatable bonds is 2. The van der Waals surface area contributed by atoms with Crippen LogP contribution in [0.5, 0.6) is 0 Å². The summed E-state index contributed by atoms with van der Waals surface area (Å²) in [5.41, 5.74) is 2.22. The lowest BCUT2D eigenvalue weighted by molar-refractivity contribution is 0.760. The molecule has 3 rings (SSSR count). The number of halogens is 1. The largest absolute Gasteiger partial charge is 0.305 e. The molecule has 0 spiro atoms. The van der Waals surface area contributed by atoms with Crippen molar-refractivity contribution < 1.29 is 0 Å². The van der Waals surface area contributed by atoms with Gasteiger partial charge in [-0.25, -0.2) is 4.98 Å². The first-order valence-electron chi connectivity index (χ1n) is 6.41. The van der Waals surface area contributed by atoms with Crippen LogP contribution in [0.2, 0.25) is 0 Å². The third-order valence-electron chi connectivity index (χ3n) is 3.30. The maximum Gasteiger partial charge on any atom is 0.259 e. The zero-order valence-corrected chi connectivity index (χ0v) is 12.3. The number of para-hydroxylation sites is 1. The van der Waals surface area contributed by atoms with Gasteiger partial charge in [-0.05, 0) is 30.7 Å². The summed E-state index contributed by atoms with van der Waals surface area (Å²) in [5.74, 6) is 0.352. The van der Waals surface area contributed by atoms with E-state index in [4.69, 9.17) is 11.6 Å². The second-order valence-corrected chi connectivity index (χ2v) is 5.16. The first-order valence-corrected chi connectivity index (χ1v) is 6.79. The number of aromatic nitrogens is 4. The number of H-pyrrole nitrogens is 1. The molecule has 0 saturated carbocycles. The Morgan fingerprint density at radius 1 is 1.38 bits per heavy atom. The van der Waals surface area contributed by atoms with E-state index in [2.05, 4.69) is 15.1 Å². The molecule has 0 unspecified atom stereocenters. The van der Waals surface area contributed by atoms with E-state index in [1.54, 1.807) is 23.0 Å². The van der Waals surface area contributed by atoms with Crippen LogP contribution in [0.4, 0.5) is 0 Å². The Morgan fingerprint density at radius 2 is 2.19 bits per heavy atom. The molecular weight excluding hydrogens is 288 g/mol. The molecule has 0 fully saturated rings. The number of aromatic amines is 1. The molecule has 3 aromatic rings. The van der Waals surface area contributed by atoms with E-state index in [1.165, 1.54) is 0 Å². The lowest BCUT2D eigenvalue weighted by atomic mass is 10.1. The molecule has 0 radical (unpaired) electrons. The minimum absolute atomic E-state index is 0.199. The highest BCUT2D eigenvalue weighted by molar-refractivity contribution is 6.50. The minimum atomic E-state index is -0.199. The van der Waals surface area contributed by atoms with E-state index in [0.29, 0.717) is 21.8 Å². The Balaban J connectivity index is 2.17. The highest BCUT2D eigenvalue weighted by atomic mass is 35.5. The van der Waals surface area contributed by atoms with Crippen LogP contribution in [-0.2, 0) is 7.05 Å². The van der Waals surface area contributed by atoms with E-state index in [-0.39, 0.29) is 5.56 Å². The number of nitrogens with one attached hydrogen (secondary N) is 1. The monoisotopic (exact) mass is 300 g/mol. The lowest BCUT2D eigenvalue weighted by Crippen LogP contribution is -2.11. The Morgan fingerprint density at radius 3 is 2.90 bits per heavy atom. The topological polar surface area (TPSA) is 63.6 Å². The summed E-state index contributed by atoms with van der Waals surface area (Å²) in [6, 6.07) is 7.32. The van der Waals surface area contributed by atoms with E-state index >= 15 is 0 Å². The highest BCUT2D eigenvalue weighted by Crippen LogP contribution is 2.20. The number of benzene rings is 1.